The lowest BCUT2D eigenvalue weighted by molar-refractivity contribution is 0.585. The zero-order valence-electron chi connectivity index (χ0n) is 19.6. The molecule has 5 aromatic rings. The van der Waals surface area contributed by atoms with Crippen LogP contribution in [0.1, 0.15) is 40.4 Å². The fraction of sp³-hybridized carbons (Fsp3) is 0.133. The molecule has 3 aromatic carbocycles. The summed E-state index contributed by atoms with van der Waals surface area (Å²) in [6.07, 6.45) is 3.88. The molecule has 0 bridgehead atoms. The summed E-state index contributed by atoms with van der Waals surface area (Å²) < 4.78 is 3.64. The number of thiazole rings is 1. The molecule has 1 aliphatic carbocycles. The molecule has 36 heavy (non-hydrogen) atoms. The number of nitrogens with one attached hydrogen (secondary N) is 1. The largest absolute Gasteiger partial charge is 0.358 e. The highest BCUT2D eigenvalue weighted by Crippen LogP contribution is 2.41. The Morgan fingerprint density at radius 2 is 1.81 bits per heavy atom. The van der Waals surface area contributed by atoms with Crippen LogP contribution in [0.25, 0.3) is 22.7 Å². The summed E-state index contributed by atoms with van der Waals surface area (Å²) in [4.78, 5) is 23.3. The summed E-state index contributed by atoms with van der Waals surface area (Å²) in [5.41, 5.74) is 9.07. The Bertz CT molecular complexity index is 1890. The summed E-state index contributed by atoms with van der Waals surface area (Å²) >= 11 is 5.05. The van der Waals surface area contributed by atoms with E-state index in [0.717, 1.165) is 55.5 Å². The van der Waals surface area contributed by atoms with Gasteiger partial charge in [0.1, 0.15) is 0 Å². The van der Waals surface area contributed by atoms with Gasteiger partial charge < -0.3 is 4.98 Å². The van der Waals surface area contributed by atoms with Gasteiger partial charge in [0.05, 0.1) is 16.3 Å². The summed E-state index contributed by atoms with van der Waals surface area (Å²) in [6, 6.07) is 24.9. The first-order chi connectivity index (χ1) is 17.6. The highest BCUT2D eigenvalue weighted by atomic mass is 79.9. The first kappa shape index (κ1) is 21.8. The average molecular weight is 552 g/mol. The van der Waals surface area contributed by atoms with Crippen molar-refractivity contribution in [2.24, 2.45) is 4.99 Å². The van der Waals surface area contributed by atoms with Crippen molar-refractivity contribution < 1.29 is 0 Å². The van der Waals surface area contributed by atoms with Gasteiger partial charge in [0.15, 0.2) is 4.80 Å². The summed E-state index contributed by atoms with van der Waals surface area (Å²) in [5, 5.41) is 1.12. The predicted molar refractivity (Wildman–Crippen MR) is 150 cm³/mol. The van der Waals surface area contributed by atoms with Crippen LogP contribution < -0.4 is 14.9 Å². The van der Waals surface area contributed by atoms with Crippen molar-refractivity contribution in [2.45, 2.75) is 25.8 Å². The van der Waals surface area contributed by atoms with Gasteiger partial charge in [-0.15, -0.1) is 0 Å². The van der Waals surface area contributed by atoms with Gasteiger partial charge in [-0.05, 0) is 60.7 Å². The van der Waals surface area contributed by atoms with Crippen molar-refractivity contribution in [3.05, 3.63) is 130 Å². The van der Waals surface area contributed by atoms with E-state index in [4.69, 9.17) is 4.99 Å². The lowest BCUT2D eigenvalue weighted by Gasteiger charge is -2.30. The van der Waals surface area contributed by atoms with Crippen molar-refractivity contribution in [2.75, 3.05) is 0 Å². The quantitative estimate of drug-likeness (QED) is 0.293. The van der Waals surface area contributed by atoms with E-state index in [9.17, 15) is 4.79 Å². The van der Waals surface area contributed by atoms with Crippen LogP contribution in [0.2, 0.25) is 0 Å². The molecular weight excluding hydrogens is 530 g/mol. The molecule has 1 atom stereocenters. The molecule has 0 saturated carbocycles. The Labute approximate surface area is 220 Å². The maximum absolute atomic E-state index is 14.0. The van der Waals surface area contributed by atoms with Crippen LogP contribution in [0.4, 0.5) is 0 Å². The fourth-order valence-electron chi connectivity index (χ4n) is 5.58. The van der Waals surface area contributed by atoms with Crippen LogP contribution in [0.5, 0.6) is 0 Å². The third-order valence-electron chi connectivity index (χ3n) is 7.28. The van der Waals surface area contributed by atoms with Gasteiger partial charge in [0.25, 0.3) is 5.56 Å². The van der Waals surface area contributed by atoms with E-state index in [1.165, 1.54) is 28.0 Å². The van der Waals surface area contributed by atoms with Crippen molar-refractivity contribution in [1.29, 1.82) is 0 Å². The van der Waals surface area contributed by atoms with Crippen molar-refractivity contribution >= 4 is 49.9 Å². The van der Waals surface area contributed by atoms with E-state index in [-0.39, 0.29) is 11.6 Å². The summed E-state index contributed by atoms with van der Waals surface area (Å²) in [6.45, 7) is 2.06. The Balaban J connectivity index is 1.51. The average Bonchev–Trinajstić information content (AvgIpc) is 3.39. The molecule has 0 unspecified atom stereocenters. The molecule has 0 amide bonds. The number of para-hydroxylation sites is 1. The lowest BCUT2D eigenvalue weighted by atomic mass is 9.83. The number of benzene rings is 3. The van der Waals surface area contributed by atoms with E-state index in [1.54, 1.807) is 0 Å². The Kier molecular flexibility index (Phi) is 5.01. The van der Waals surface area contributed by atoms with Crippen LogP contribution >= 0.6 is 27.3 Å². The summed E-state index contributed by atoms with van der Waals surface area (Å²) in [5.74, 6) is 0. The minimum absolute atomic E-state index is 0.0155. The molecule has 1 N–H and O–H groups in total. The molecular formula is C30H22BrN3OS. The van der Waals surface area contributed by atoms with Gasteiger partial charge in [0.2, 0.25) is 0 Å². The maximum Gasteiger partial charge on any atom is 0.271 e. The number of aromatic amines is 1. The van der Waals surface area contributed by atoms with Gasteiger partial charge in [0, 0.05) is 32.2 Å². The molecule has 0 spiro atoms. The van der Waals surface area contributed by atoms with Gasteiger partial charge in [-0.25, -0.2) is 4.99 Å². The molecule has 7 rings (SSSR count). The molecule has 176 valence electrons. The van der Waals surface area contributed by atoms with Crippen LogP contribution in [-0.4, -0.2) is 9.55 Å². The normalized spacial score (nSPS) is 17.1. The highest BCUT2D eigenvalue weighted by molar-refractivity contribution is 9.10. The molecule has 1 aliphatic heterocycles. The topological polar surface area (TPSA) is 50.1 Å². The molecule has 2 aromatic heterocycles. The molecule has 6 heteroatoms. The Morgan fingerprint density at radius 1 is 1.03 bits per heavy atom. The fourth-order valence-corrected chi connectivity index (χ4v) is 6.83. The van der Waals surface area contributed by atoms with Gasteiger partial charge in [-0.1, -0.05) is 81.9 Å². The Hall–Kier alpha value is -3.48. The molecule has 0 fully saturated rings. The number of halogens is 1. The number of H-pyrrole nitrogens is 1. The molecule has 3 heterocycles. The monoisotopic (exact) mass is 551 g/mol. The van der Waals surface area contributed by atoms with Gasteiger partial charge >= 0.3 is 0 Å². The van der Waals surface area contributed by atoms with Crippen LogP contribution in [0.3, 0.4) is 0 Å². The van der Waals surface area contributed by atoms with E-state index in [0.29, 0.717) is 4.53 Å². The number of fused-ring (bicyclic) bond motifs is 4. The molecule has 2 aliphatic rings. The van der Waals surface area contributed by atoms with E-state index in [1.807, 2.05) is 22.8 Å². The number of aryl methyl sites for hydroxylation is 2. The molecule has 4 nitrogen and oxygen atoms in total. The number of rotatable bonds is 2. The van der Waals surface area contributed by atoms with Crippen LogP contribution in [0.15, 0.2) is 92.6 Å². The third kappa shape index (κ3) is 3.32. The minimum atomic E-state index is -0.163. The van der Waals surface area contributed by atoms with Crippen LogP contribution in [0, 0.1) is 6.92 Å². The number of hydrogen-bond acceptors (Lipinski definition) is 3. The van der Waals surface area contributed by atoms with Crippen LogP contribution in [-0.2, 0) is 6.42 Å². The second-order valence-corrected chi connectivity index (χ2v) is 11.3. The zero-order chi connectivity index (χ0) is 24.4. The second-order valence-electron chi connectivity index (χ2n) is 9.37. The van der Waals surface area contributed by atoms with Crippen molar-refractivity contribution in [1.82, 2.24) is 9.55 Å². The maximum atomic E-state index is 14.0. The molecule has 0 saturated heterocycles. The van der Waals surface area contributed by atoms with Crippen molar-refractivity contribution in [3.8, 4) is 0 Å². The number of aromatic nitrogens is 2. The van der Waals surface area contributed by atoms with E-state index >= 15 is 0 Å². The number of hydrogen-bond donors (Lipinski definition) is 1. The predicted octanol–water partition coefficient (Wildman–Crippen LogP) is 5.87. The minimum Gasteiger partial charge on any atom is -0.358 e. The van der Waals surface area contributed by atoms with Gasteiger partial charge in [-0.3, -0.25) is 9.36 Å². The van der Waals surface area contributed by atoms with E-state index < -0.39 is 0 Å². The zero-order valence-corrected chi connectivity index (χ0v) is 22.0. The number of allylic oxidation sites excluding steroid dienone is 1. The van der Waals surface area contributed by atoms with Crippen molar-refractivity contribution in [3.63, 3.8) is 0 Å². The second kappa shape index (κ2) is 8.29. The first-order valence-electron chi connectivity index (χ1n) is 12.0. The number of nitrogens with zero attached hydrogens (tertiary/aromatic N) is 2. The Morgan fingerprint density at radius 3 is 2.67 bits per heavy atom. The lowest BCUT2D eigenvalue weighted by Crippen LogP contribution is -2.38. The highest BCUT2D eigenvalue weighted by Gasteiger charge is 2.32. The van der Waals surface area contributed by atoms with Gasteiger partial charge in [-0.2, -0.15) is 0 Å². The standard InChI is InChI=1S/C30H22BrN3OS/c1-17-24(22-8-4-5-9-25(22)32-17)16-26-29(35)34-28(19-10-13-20(31)14-11-19)23-15-12-18-6-2-3-7-21(18)27(23)33-30(34)36-26/h2-11,13-14,16,28,32H,12,15H2,1H3/t28-/m1/s1. The SMILES string of the molecule is Cc1[nH]c2ccccc2c1C=c1sc2n(c1=O)[C@H](c1ccc(Br)cc1)C1=C(N=2)c2ccccc2CC1. The van der Waals surface area contributed by atoms with E-state index in [2.05, 4.69) is 88.5 Å². The first-order valence-corrected chi connectivity index (χ1v) is 13.7. The molecule has 0 radical (unpaired) electrons. The summed E-state index contributed by atoms with van der Waals surface area (Å²) in [7, 11) is 0. The third-order valence-corrected chi connectivity index (χ3v) is 8.79. The smallest absolute Gasteiger partial charge is 0.271 e.